The average molecular weight is 161 g/mol. The van der Waals surface area contributed by atoms with Gasteiger partial charge in [0.15, 0.2) is 0 Å². The number of fused-ring (bicyclic) bond motifs is 1. The van der Waals surface area contributed by atoms with Crippen LogP contribution < -0.4 is 5.32 Å². The lowest BCUT2D eigenvalue weighted by Gasteiger charge is -2.07. The third kappa shape index (κ3) is 0.693. The van der Waals surface area contributed by atoms with Crippen molar-refractivity contribution in [3.63, 3.8) is 0 Å². The molecule has 3 heteroatoms. The molecule has 0 aromatic carbocycles. The molecule has 2 aliphatic rings. The van der Waals surface area contributed by atoms with Crippen LogP contribution in [0, 0.1) is 5.92 Å². The first kappa shape index (κ1) is 6.54. The normalized spacial score (nSPS) is 37.8. The molecule has 12 heavy (non-hydrogen) atoms. The van der Waals surface area contributed by atoms with Crippen molar-refractivity contribution in [2.24, 2.45) is 5.92 Å². The van der Waals surface area contributed by atoms with Crippen LogP contribution in [0.4, 0.5) is 0 Å². The van der Waals surface area contributed by atoms with E-state index in [0.29, 0.717) is 5.41 Å². The lowest BCUT2D eigenvalue weighted by Crippen LogP contribution is -2.21. The molecule has 1 N–H and O–H groups in total. The number of hydrogen-bond donors (Lipinski definition) is 1. The van der Waals surface area contributed by atoms with Crippen LogP contribution in [-0.4, -0.2) is 23.1 Å². The Hall–Kier alpha value is -0.960. The number of rotatable bonds is 1. The molecule has 0 unspecified atom stereocenters. The zero-order valence-electron chi connectivity index (χ0n) is 6.83. The van der Waals surface area contributed by atoms with E-state index in [1.165, 1.54) is 6.42 Å². The van der Waals surface area contributed by atoms with E-state index >= 15 is 0 Å². The minimum absolute atomic E-state index is 0.321. The van der Waals surface area contributed by atoms with E-state index in [1.807, 2.05) is 18.5 Å². The number of hydrogen-bond acceptors (Lipinski definition) is 3. The standard InChI is InChI=1S/C9H11N3/c1-2-11-8(12-3-1)9-4-7(9)5-10-6-9/h1-3,7,10H,4-6H2/t7-,9-/m1/s1. The highest BCUT2D eigenvalue weighted by molar-refractivity contribution is 5.26. The van der Waals surface area contributed by atoms with Crippen molar-refractivity contribution in [1.82, 2.24) is 15.3 Å². The number of nitrogens with zero attached hydrogens (tertiary/aromatic N) is 2. The molecular formula is C9H11N3. The van der Waals surface area contributed by atoms with Gasteiger partial charge in [0, 0.05) is 24.4 Å². The SMILES string of the molecule is c1cnc([C@]23CNC[C@H]2C3)nc1. The van der Waals surface area contributed by atoms with Crippen molar-refractivity contribution in [1.29, 1.82) is 0 Å². The van der Waals surface area contributed by atoms with E-state index in [0.717, 1.165) is 24.8 Å². The molecule has 0 spiro atoms. The maximum absolute atomic E-state index is 4.32. The van der Waals surface area contributed by atoms with E-state index in [1.54, 1.807) is 0 Å². The fourth-order valence-electron chi connectivity index (χ4n) is 2.24. The average Bonchev–Trinajstić information content (AvgIpc) is 2.72. The van der Waals surface area contributed by atoms with Gasteiger partial charge in [-0.1, -0.05) is 0 Å². The summed E-state index contributed by atoms with van der Waals surface area (Å²) in [7, 11) is 0. The van der Waals surface area contributed by atoms with Gasteiger partial charge in [-0.05, 0) is 24.9 Å². The van der Waals surface area contributed by atoms with Crippen LogP contribution in [0.15, 0.2) is 18.5 Å². The van der Waals surface area contributed by atoms with Gasteiger partial charge in [-0.3, -0.25) is 0 Å². The maximum Gasteiger partial charge on any atom is 0.135 e. The molecule has 3 nitrogen and oxygen atoms in total. The predicted molar refractivity (Wildman–Crippen MR) is 44.7 cm³/mol. The van der Waals surface area contributed by atoms with Gasteiger partial charge in [0.2, 0.25) is 0 Å². The summed E-state index contributed by atoms with van der Waals surface area (Å²) >= 11 is 0. The first-order chi connectivity index (χ1) is 5.92. The summed E-state index contributed by atoms with van der Waals surface area (Å²) in [6, 6.07) is 1.87. The van der Waals surface area contributed by atoms with Crippen LogP contribution >= 0.6 is 0 Å². The van der Waals surface area contributed by atoms with Crippen molar-refractivity contribution in [2.45, 2.75) is 11.8 Å². The smallest absolute Gasteiger partial charge is 0.135 e. The molecule has 2 heterocycles. The molecule has 62 valence electrons. The van der Waals surface area contributed by atoms with E-state index in [4.69, 9.17) is 0 Å². The van der Waals surface area contributed by atoms with Gasteiger partial charge in [0.05, 0.1) is 0 Å². The van der Waals surface area contributed by atoms with E-state index in [2.05, 4.69) is 15.3 Å². The van der Waals surface area contributed by atoms with Gasteiger partial charge in [-0.2, -0.15) is 0 Å². The topological polar surface area (TPSA) is 37.8 Å². The molecule has 0 amide bonds. The van der Waals surface area contributed by atoms with Crippen LogP contribution in [-0.2, 0) is 5.41 Å². The highest BCUT2D eigenvalue weighted by Crippen LogP contribution is 2.54. The first-order valence-electron chi connectivity index (χ1n) is 4.40. The number of nitrogens with one attached hydrogen (secondary N) is 1. The fraction of sp³-hybridized carbons (Fsp3) is 0.556. The molecule has 0 radical (unpaired) electrons. The van der Waals surface area contributed by atoms with Crippen LogP contribution in [0.3, 0.4) is 0 Å². The zero-order chi connectivity index (χ0) is 8.02. The summed E-state index contributed by atoms with van der Waals surface area (Å²) in [5, 5.41) is 3.38. The third-order valence-corrected chi connectivity index (χ3v) is 3.07. The Kier molecular flexibility index (Phi) is 1.11. The number of piperidine rings is 1. The van der Waals surface area contributed by atoms with Gasteiger partial charge in [-0.15, -0.1) is 0 Å². The van der Waals surface area contributed by atoms with Crippen molar-refractivity contribution in [2.75, 3.05) is 13.1 Å². The van der Waals surface area contributed by atoms with Gasteiger partial charge >= 0.3 is 0 Å². The molecule has 1 aliphatic heterocycles. The Morgan fingerprint density at radius 1 is 1.42 bits per heavy atom. The summed E-state index contributed by atoms with van der Waals surface area (Å²) < 4.78 is 0. The van der Waals surface area contributed by atoms with Crippen molar-refractivity contribution in [3.8, 4) is 0 Å². The molecule has 1 aromatic heterocycles. The fourth-order valence-corrected chi connectivity index (χ4v) is 2.24. The molecule has 2 atom stereocenters. The van der Waals surface area contributed by atoms with Crippen molar-refractivity contribution in [3.05, 3.63) is 24.3 Å². The monoisotopic (exact) mass is 161 g/mol. The first-order valence-corrected chi connectivity index (χ1v) is 4.40. The Balaban J connectivity index is 2.00. The molecule has 0 bridgehead atoms. The van der Waals surface area contributed by atoms with E-state index in [-0.39, 0.29) is 0 Å². The second-order valence-electron chi connectivity index (χ2n) is 3.76. The van der Waals surface area contributed by atoms with Crippen LogP contribution in [0.1, 0.15) is 12.2 Å². The Labute approximate surface area is 71.2 Å². The molecule has 3 rings (SSSR count). The Bertz CT molecular complexity index is 298. The van der Waals surface area contributed by atoms with E-state index < -0.39 is 0 Å². The zero-order valence-corrected chi connectivity index (χ0v) is 6.83. The third-order valence-electron chi connectivity index (χ3n) is 3.07. The van der Waals surface area contributed by atoms with Crippen LogP contribution in [0.25, 0.3) is 0 Å². The molecule has 1 saturated heterocycles. The lowest BCUT2D eigenvalue weighted by atomic mass is 10.1. The minimum Gasteiger partial charge on any atom is -0.315 e. The van der Waals surface area contributed by atoms with Crippen LogP contribution in [0.5, 0.6) is 0 Å². The second kappa shape index (κ2) is 2.04. The summed E-state index contributed by atoms with van der Waals surface area (Å²) in [6.07, 6.45) is 4.96. The van der Waals surface area contributed by atoms with Crippen molar-refractivity contribution >= 4 is 0 Å². The maximum atomic E-state index is 4.32. The highest BCUT2D eigenvalue weighted by Gasteiger charge is 2.60. The lowest BCUT2D eigenvalue weighted by molar-refractivity contribution is 0.633. The largest absolute Gasteiger partial charge is 0.315 e. The highest BCUT2D eigenvalue weighted by atomic mass is 15.0. The van der Waals surface area contributed by atoms with Crippen molar-refractivity contribution < 1.29 is 0 Å². The van der Waals surface area contributed by atoms with Gasteiger partial charge in [-0.25, -0.2) is 9.97 Å². The Morgan fingerprint density at radius 2 is 2.25 bits per heavy atom. The molecule has 1 saturated carbocycles. The van der Waals surface area contributed by atoms with E-state index in [9.17, 15) is 0 Å². The van der Waals surface area contributed by atoms with Gasteiger partial charge in [0.1, 0.15) is 5.82 Å². The minimum atomic E-state index is 0.321. The quantitative estimate of drug-likeness (QED) is 0.645. The van der Waals surface area contributed by atoms with Crippen LogP contribution in [0.2, 0.25) is 0 Å². The predicted octanol–water partition coefficient (Wildman–Crippen LogP) is 0.337. The van der Waals surface area contributed by atoms with Gasteiger partial charge in [0.25, 0.3) is 0 Å². The summed E-state index contributed by atoms with van der Waals surface area (Å²) in [4.78, 5) is 8.65. The Morgan fingerprint density at radius 3 is 2.83 bits per heavy atom. The molecular weight excluding hydrogens is 150 g/mol. The summed E-state index contributed by atoms with van der Waals surface area (Å²) in [5.74, 6) is 1.85. The molecule has 2 fully saturated rings. The summed E-state index contributed by atoms with van der Waals surface area (Å²) in [6.45, 7) is 2.22. The summed E-state index contributed by atoms with van der Waals surface area (Å²) in [5.41, 5.74) is 0.321. The molecule has 1 aliphatic carbocycles. The van der Waals surface area contributed by atoms with Gasteiger partial charge < -0.3 is 5.32 Å². The molecule has 1 aromatic rings. The second-order valence-corrected chi connectivity index (χ2v) is 3.76. The number of aromatic nitrogens is 2.